The van der Waals surface area contributed by atoms with E-state index in [2.05, 4.69) is 10.2 Å². The van der Waals surface area contributed by atoms with Crippen LogP contribution in [0.15, 0.2) is 18.2 Å². The molecule has 1 aromatic carbocycles. The molecule has 0 unspecified atom stereocenters. The number of nitrogens with zero attached hydrogens (tertiary/aromatic N) is 1. The summed E-state index contributed by atoms with van der Waals surface area (Å²) in [6.07, 6.45) is 3.76. The van der Waals surface area contributed by atoms with Gasteiger partial charge in [0.05, 0.1) is 20.1 Å². The van der Waals surface area contributed by atoms with Crippen LogP contribution >= 0.6 is 24.8 Å². The highest BCUT2D eigenvalue weighted by atomic mass is 35.5. The molecular formula is C21H35Cl2N3O4. The van der Waals surface area contributed by atoms with E-state index in [0.717, 1.165) is 57.6 Å². The van der Waals surface area contributed by atoms with Gasteiger partial charge in [-0.2, -0.15) is 0 Å². The number of benzene rings is 1. The monoisotopic (exact) mass is 463 g/mol. The van der Waals surface area contributed by atoms with Gasteiger partial charge in [-0.25, -0.2) is 0 Å². The van der Waals surface area contributed by atoms with Gasteiger partial charge < -0.3 is 25.3 Å². The SMILES string of the molecule is COc1ccc(CNC(=O)[C@@H]2CC[C@H](N)CN(C3CCOCC3)C2)cc1OC.Cl.Cl. The van der Waals surface area contributed by atoms with Crippen LogP contribution in [0.2, 0.25) is 0 Å². The highest BCUT2D eigenvalue weighted by Crippen LogP contribution is 2.27. The molecule has 0 aliphatic carbocycles. The van der Waals surface area contributed by atoms with Crippen molar-refractivity contribution in [2.24, 2.45) is 11.7 Å². The van der Waals surface area contributed by atoms with E-state index in [1.165, 1.54) is 0 Å². The molecule has 2 aliphatic rings. The molecule has 1 amide bonds. The maximum atomic E-state index is 12.9. The Hall–Kier alpha value is -1.25. The van der Waals surface area contributed by atoms with Crippen LogP contribution in [0.5, 0.6) is 11.5 Å². The summed E-state index contributed by atoms with van der Waals surface area (Å²) in [6.45, 7) is 3.71. The standard InChI is InChI=1S/C21H33N3O4.2ClH/c1-26-19-6-3-15(11-20(19)27-2)12-23-21(25)16-4-5-17(22)14-24(13-16)18-7-9-28-10-8-18;;/h3,6,11,16-18H,4-5,7-10,12-14,22H2,1-2H3,(H,23,25);2*1H/t16-,17+;;/m1../s1. The first kappa shape index (κ1) is 26.8. The fourth-order valence-corrected chi connectivity index (χ4v) is 4.14. The van der Waals surface area contributed by atoms with E-state index in [1.54, 1.807) is 14.2 Å². The molecule has 0 radical (unpaired) electrons. The van der Waals surface area contributed by atoms with Crippen LogP contribution < -0.4 is 20.5 Å². The molecule has 7 nitrogen and oxygen atoms in total. The topological polar surface area (TPSA) is 86.0 Å². The van der Waals surface area contributed by atoms with Gasteiger partial charge in [0.1, 0.15) is 0 Å². The maximum absolute atomic E-state index is 12.9. The number of hydrogen-bond donors (Lipinski definition) is 2. The third-order valence-corrected chi connectivity index (χ3v) is 5.80. The minimum atomic E-state index is -0.0310. The number of halogens is 2. The smallest absolute Gasteiger partial charge is 0.224 e. The van der Waals surface area contributed by atoms with E-state index < -0.39 is 0 Å². The fourth-order valence-electron chi connectivity index (χ4n) is 4.14. The summed E-state index contributed by atoms with van der Waals surface area (Å²) in [6, 6.07) is 6.30. The Bertz CT molecular complexity index is 659. The van der Waals surface area contributed by atoms with Crippen molar-refractivity contribution in [3.63, 3.8) is 0 Å². The zero-order chi connectivity index (χ0) is 19.9. The molecule has 172 valence electrons. The first-order valence-corrected chi connectivity index (χ1v) is 10.2. The van der Waals surface area contributed by atoms with E-state index in [1.807, 2.05) is 18.2 Å². The summed E-state index contributed by atoms with van der Waals surface area (Å²) >= 11 is 0. The van der Waals surface area contributed by atoms with Crippen molar-refractivity contribution in [3.05, 3.63) is 23.8 Å². The summed E-state index contributed by atoms with van der Waals surface area (Å²) in [7, 11) is 3.22. The molecule has 9 heteroatoms. The lowest BCUT2D eigenvalue weighted by Gasteiger charge is -2.35. The molecule has 0 spiro atoms. The molecule has 0 saturated carbocycles. The van der Waals surface area contributed by atoms with Crippen molar-refractivity contribution >= 4 is 30.7 Å². The summed E-state index contributed by atoms with van der Waals surface area (Å²) in [4.78, 5) is 15.3. The van der Waals surface area contributed by atoms with Crippen molar-refractivity contribution in [1.82, 2.24) is 10.2 Å². The second-order valence-electron chi connectivity index (χ2n) is 7.74. The van der Waals surface area contributed by atoms with Crippen molar-refractivity contribution in [3.8, 4) is 11.5 Å². The van der Waals surface area contributed by atoms with Crippen molar-refractivity contribution in [2.75, 3.05) is 40.5 Å². The molecule has 2 heterocycles. The minimum absolute atomic E-state index is 0. The fraction of sp³-hybridized carbons (Fsp3) is 0.667. The van der Waals surface area contributed by atoms with Crippen LogP contribution in [0.25, 0.3) is 0 Å². The Morgan fingerprint density at radius 3 is 2.47 bits per heavy atom. The van der Waals surface area contributed by atoms with Gasteiger partial charge in [-0.15, -0.1) is 24.8 Å². The lowest BCUT2D eigenvalue weighted by atomic mass is 10.00. The second-order valence-corrected chi connectivity index (χ2v) is 7.74. The molecule has 0 aromatic heterocycles. The molecule has 1 aromatic rings. The molecule has 2 saturated heterocycles. The van der Waals surface area contributed by atoms with E-state index in [0.29, 0.717) is 24.1 Å². The van der Waals surface area contributed by atoms with Crippen LogP contribution in [0, 0.1) is 5.92 Å². The van der Waals surface area contributed by atoms with Crippen LogP contribution in [-0.2, 0) is 16.1 Å². The maximum Gasteiger partial charge on any atom is 0.224 e. The Labute approximate surface area is 191 Å². The molecule has 30 heavy (non-hydrogen) atoms. The molecule has 2 atom stereocenters. The van der Waals surface area contributed by atoms with Crippen LogP contribution in [0.4, 0.5) is 0 Å². The summed E-state index contributed by atoms with van der Waals surface area (Å²) in [5, 5.41) is 3.10. The highest BCUT2D eigenvalue weighted by Gasteiger charge is 2.31. The normalized spacial score (nSPS) is 22.8. The third-order valence-electron chi connectivity index (χ3n) is 5.80. The quantitative estimate of drug-likeness (QED) is 0.673. The molecule has 3 N–H and O–H groups in total. The minimum Gasteiger partial charge on any atom is -0.493 e. The van der Waals surface area contributed by atoms with Crippen molar-refractivity contribution in [1.29, 1.82) is 0 Å². The Balaban J connectivity index is 0.00000225. The number of carbonyl (C=O) groups is 1. The largest absolute Gasteiger partial charge is 0.493 e. The van der Waals surface area contributed by atoms with Crippen LogP contribution in [0.3, 0.4) is 0 Å². The van der Waals surface area contributed by atoms with Gasteiger partial charge in [-0.3, -0.25) is 9.69 Å². The van der Waals surface area contributed by atoms with Gasteiger partial charge in [0.2, 0.25) is 5.91 Å². The zero-order valence-corrected chi connectivity index (χ0v) is 19.4. The first-order chi connectivity index (χ1) is 13.6. The van der Waals surface area contributed by atoms with E-state index >= 15 is 0 Å². The Morgan fingerprint density at radius 1 is 1.10 bits per heavy atom. The first-order valence-electron chi connectivity index (χ1n) is 10.2. The van der Waals surface area contributed by atoms with Gasteiger partial charge in [0.15, 0.2) is 11.5 Å². The third kappa shape index (κ3) is 7.17. The number of hydrogen-bond acceptors (Lipinski definition) is 6. The van der Waals surface area contributed by atoms with E-state index in [9.17, 15) is 4.79 Å². The van der Waals surface area contributed by atoms with Crippen LogP contribution in [0.1, 0.15) is 31.2 Å². The number of ether oxygens (including phenoxy) is 3. The summed E-state index contributed by atoms with van der Waals surface area (Å²) in [5.41, 5.74) is 7.27. The predicted molar refractivity (Wildman–Crippen MR) is 122 cm³/mol. The van der Waals surface area contributed by atoms with Gasteiger partial charge in [0.25, 0.3) is 0 Å². The van der Waals surface area contributed by atoms with Gasteiger partial charge in [-0.1, -0.05) is 6.07 Å². The number of nitrogens with two attached hydrogens (primary N) is 1. The number of amides is 1. The van der Waals surface area contributed by atoms with Crippen LogP contribution in [-0.4, -0.2) is 63.4 Å². The lowest BCUT2D eigenvalue weighted by Crippen LogP contribution is -2.47. The van der Waals surface area contributed by atoms with Crippen molar-refractivity contribution in [2.45, 2.75) is 44.3 Å². The highest BCUT2D eigenvalue weighted by molar-refractivity contribution is 5.85. The Kier molecular flexibility index (Phi) is 11.8. The summed E-state index contributed by atoms with van der Waals surface area (Å²) in [5.74, 6) is 1.42. The number of likely N-dealkylation sites (tertiary alicyclic amines) is 1. The van der Waals surface area contributed by atoms with Gasteiger partial charge in [0, 0.05) is 44.9 Å². The lowest BCUT2D eigenvalue weighted by molar-refractivity contribution is -0.126. The van der Waals surface area contributed by atoms with E-state index in [-0.39, 0.29) is 42.7 Å². The van der Waals surface area contributed by atoms with Gasteiger partial charge >= 0.3 is 0 Å². The Morgan fingerprint density at radius 2 is 1.80 bits per heavy atom. The number of nitrogens with one attached hydrogen (secondary N) is 1. The van der Waals surface area contributed by atoms with Crippen molar-refractivity contribution < 1.29 is 19.0 Å². The number of methoxy groups -OCH3 is 2. The predicted octanol–water partition coefficient (Wildman–Crippen LogP) is 2.38. The molecule has 2 fully saturated rings. The second kappa shape index (κ2) is 13.2. The van der Waals surface area contributed by atoms with Gasteiger partial charge in [-0.05, 0) is 43.4 Å². The number of carbonyl (C=O) groups excluding carboxylic acids is 1. The molecular weight excluding hydrogens is 429 g/mol. The molecule has 3 rings (SSSR count). The number of rotatable bonds is 6. The molecule has 2 aliphatic heterocycles. The average Bonchev–Trinajstić information content (AvgIpc) is 2.94. The van der Waals surface area contributed by atoms with E-state index in [4.69, 9.17) is 19.9 Å². The zero-order valence-electron chi connectivity index (χ0n) is 17.8. The molecule has 0 bridgehead atoms. The summed E-state index contributed by atoms with van der Waals surface area (Å²) < 4.78 is 16.1. The average molecular weight is 464 g/mol.